The number of benzene rings is 1. The third-order valence-electron chi connectivity index (χ3n) is 3.72. The second-order valence-corrected chi connectivity index (χ2v) is 6.99. The van der Waals surface area contributed by atoms with Crippen LogP contribution in [0.25, 0.3) is 0 Å². The highest BCUT2D eigenvalue weighted by atomic mass is 32.2. The summed E-state index contributed by atoms with van der Waals surface area (Å²) in [7, 11) is 3.14. The number of hydrogen-bond acceptors (Lipinski definition) is 6. The van der Waals surface area contributed by atoms with Gasteiger partial charge in [0, 0.05) is 18.5 Å². The number of rotatable bonds is 9. The average molecular weight is 378 g/mol. The van der Waals surface area contributed by atoms with Gasteiger partial charge in [-0.05, 0) is 18.6 Å². The lowest BCUT2D eigenvalue weighted by Gasteiger charge is -2.12. The molecule has 0 aliphatic heterocycles. The van der Waals surface area contributed by atoms with Crippen LogP contribution >= 0.6 is 11.8 Å². The van der Waals surface area contributed by atoms with Crippen LogP contribution in [0.15, 0.2) is 23.4 Å². The monoisotopic (exact) mass is 378 g/mol. The Morgan fingerprint density at radius 3 is 2.65 bits per heavy atom. The Kier molecular flexibility index (Phi) is 7.32. The lowest BCUT2D eigenvalue weighted by molar-refractivity contribution is -0.113. The Balaban J connectivity index is 2.06. The highest BCUT2D eigenvalue weighted by Crippen LogP contribution is 2.29. The van der Waals surface area contributed by atoms with Crippen LogP contribution in [0.1, 0.15) is 38.9 Å². The maximum Gasteiger partial charge on any atom is 0.234 e. The van der Waals surface area contributed by atoms with Gasteiger partial charge >= 0.3 is 0 Å². The smallest absolute Gasteiger partial charge is 0.234 e. The maximum absolute atomic E-state index is 12.4. The van der Waals surface area contributed by atoms with Crippen molar-refractivity contribution in [3.63, 3.8) is 0 Å². The number of anilines is 1. The van der Waals surface area contributed by atoms with E-state index in [2.05, 4.69) is 40.9 Å². The Labute approximate surface area is 158 Å². The number of thioether (sulfide) groups is 1. The molecule has 0 saturated carbocycles. The summed E-state index contributed by atoms with van der Waals surface area (Å²) >= 11 is 1.38. The quantitative estimate of drug-likeness (QED) is 0.672. The maximum atomic E-state index is 12.4. The summed E-state index contributed by atoms with van der Waals surface area (Å²) in [5.41, 5.74) is 0.579. The number of methoxy groups -OCH3 is 2. The molecule has 1 amide bonds. The van der Waals surface area contributed by atoms with E-state index in [9.17, 15) is 4.79 Å². The summed E-state index contributed by atoms with van der Waals surface area (Å²) in [5.74, 6) is 2.57. The van der Waals surface area contributed by atoms with Crippen molar-refractivity contribution >= 4 is 23.4 Å². The van der Waals surface area contributed by atoms with Crippen molar-refractivity contribution in [2.75, 3.05) is 25.3 Å². The van der Waals surface area contributed by atoms with E-state index < -0.39 is 0 Å². The molecule has 0 aliphatic rings. The molecule has 7 nitrogen and oxygen atoms in total. The molecule has 2 aromatic rings. The van der Waals surface area contributed by atoms with E-state index in [1.807, 2.05) is 0 Å². The van der Waals surface area contributed by atoms with Crippen LogP contribution in [0, 0.1) is 0 Å². The van der Waals surface area contributed by atoms with Gasteiger partial charge in [0.1, 0.15) is 17.3 Å². The second-order valence-electron chi connectivity index (χ2n) is 6.05. The van der Waals surface area contributed by atoms with Crippen LogP contribution < -0.4 is 14.8 Å². The molecule has 26 heavy (non-hydrogen) atoms. The predicted octanol–water partition coefficient (Wildman–Crippen LogP) is 3.56. The number of amides is 1. The molecule has 1 N–H and O–H groups in total. The number of nitrogens with zero attached hydrogens (tertiary/aromatic N) is 3. The first kappa shape index (κ1) is 20.1. The minimum absolute atomic E-state index is 0.140. The Morgan fingerprint density at radius 2 is 2.04 bits per heavy atom. The zero-order valence-corrected chi connectivity index (χ0v) is 16.7. The fourth-order valence-corrected chi connectivity index (χ4v) is 3.27. The second kappa shape index (κ2) is 9.47. The molecule has 0 spiro atoms. The Hall–Kier alpha value is -2.22. The van der Waals surface area contributed by atoms with E-state index in [1.165, 1.54) is 11.8 Å². The molecule has 0 aliphatic carbocycles. The highest BCUT2D eigenvalue weighted by molar-refractivity contribution is 7.99. The summed E-state index contributed by atoms with van der Waals surface area (Å²) in [5, 5.41) is 12.1. The number of hydrogen-bond donors (Lipinski definition) is 1. The van der Waals surface area contributed by atoms with Crippen molar-refractivity contribution in [1.29, 1.82) is 0 Å². The lowest BCUT2D eigenvalue weighted by atomic mass is 10.2. The van der Waals surface area contributed by atoms with E-state index in [4.69, 9.17) is 9.47 Å². The van der Waals surface area contributed by atoms with Crippen molar-refractivity contribution in [3.8, 4) is 11.5 Å². The number of carbonyl (C=O) groups excluding carboxylic acids is 1. The average Bonchev–Trinajstić information content (AvgIpc) is 3.03. The van der Waals surface area contributed by atoms with Crippen LogP contribution in [0.3, 0.4) is 0 Å². The minimum Gasteiger partial charge on any atom is -0.497 e. The molecule has 1 heterocycles. The molecule has 0 unspecified atom stereocenters. The van der Waals surface area contributed by atoms with Gasteiger partial charge in [0.25, 0.3) is 0 Å². The molecule has 0 saturated heterocycles. The zero-order chi connectivity index (χ0) is 19.1. The van der Waals surface area contributed by atoms with Crippen molar-refractivity contribution < 1.29 is 14.3 Å². The van der Waals surface area contributed by atoms with Gasteiger partial charge in [-0.15, -0.1) is 10.2 Å². The highest BCUT2D eigenvalue weighted by Gasteiger charge is 2.16. The van der Waals surface area contributed by atoms with Crippen LogP contribution in [-0.4, -0.2) is 40.6 Å². The molecular formula is C18H26N4O3S. The van der Waals surface area contributed by atoms with Crippen LogP contribution in [-0.2, 0) is 11.3 Å². The SMILES string of the molecule is CCCn1c(SCC(=O)Nc2cc(OC)ccc2OC)nnc1C(C)C. The molecule has 0 radical (unpaired) electrons. The molecule has 0 atom stereocenters. The van der Waals surface area contributed by atoms with Gasteiger partial charge in [0.15, 0.2) is 5.16 Å². The lowest BCUT2D eigenvalue weighted by Crippen LogP contribution is -2.15. The van der Waals surface area contributed by atoms with Gasteiger partial charge in [0.05, 0.1) is 25.7 Å². The number of nitrogens with one attached hydrogen (secondary N) is 1. The summed E-state index contributed by atoms with van der Waals surface area (Å²) in [6.45, 7) is 7.13. The Morgan fingerprint density at radius 1 is 1.27 bits per heavy atom. The molecule has 1 aromatic carbocycles. The minimum atomic E-state index is -0.140. The van der Waals surface area contributed by atoms with Crippen LogP contribution in [0.2, 0.25) is 0 Å². The van der Waals surface area contributed by atoms with E-state index in [-0.39, 0.29) is 11.7 Å². The summed E-state index contributed by atoms with van der Waals surface area (Å²) in [6, 6.07) is 5.27. The summed E-state index contributed by atoms with van der Waals surface area (Å²) in [4.78, 5) is 12.4. The zero-order valence-electron chi connectivity index (χ0n) is 15.9. The fraction of sp³-hybridized carbons (Fsp3) is 0.500. The van der Waals surface area contributed by atoms with E-state index in [0.29, 0.717) is 23.1 Å². The predicted molar refractivity (Wildman–Crippen MR) is 103 cm³/mol. The van der Waals surface area contributed by atoms with Gasteiger partial charge in [-0.3, -0.25) is 4.79 Å². The number of carbonyl (C=O) groups is 1. The third-order valence-corrected chi connectivity index (χ3v) is 4.69. The third kappa shape index (κ3) is 4.91. The molecular weight excluding hydrogens is 352 g/mol. The van der Waals surface area contributed by atoms with Gasteiger partial charge < -0.3 is 19.4 Å². The molecule has 1 aromatic heterocycles. The number of aromatic nitrogens is 3. The van der Waals surface area contributed by atoms with Crippen LogP contribution in [0.4, 0.5) is 5.69 Å². The van der Waals surface area contributed by atoms with Gasteiger partial charge in [-0.2, -0.15) is 0 Å². The largest absolute Gasteiger partial charge is 0.497 e. The van der Waals surface area contributed by atoms with E-state index in [1.54, 1.807) is 32.4 Å². The molecule has 0 bridgehead atoms. The van der Waals surface area contributed by atoms with Gasteiger partial charge in [-0.25, -0.2) is 0 Å². The topological polar surface area (TPSA) is 78.3 Å². The van der Waals surface area contributed by atoms with Crippen molar-refractivity contribution in [1.82, 2.24) is 14.8 Å². The van der Waals surface area contributed by atoms with Crippen molar-refractivity contribution in [2.45, 2.75) is 44.8 Å². The Bertz CT molecular complexity index is 746. The van der Waals surface area contributed by atoms with Crippen molar-refractivity contribution in [3.05, 3.63) is 24.0 Å². The molecule has 142 valence electrons. The summed E-state index contributed by atoms with van der Waals surface area (Å²) in [6.07, 6.45) is 0.985. The fourth-order valence-electron chi connectivity index (χ4n) is 2.50. The first-order valence-electron chi connectivity index (χ1n) is 8.57. The molecule has 8 heteroatoms. The first-order valence-corrected chi connectivity index (χ1v) is 9.56. The summed E-state index contributed by atoms with van der Waals surface area (Å²) < 4.78 is 12.6. The molecule has 0 fully saturated rings. The van der Waals surface area contributed by atoms with Gasteiger partial charge in [-0.1, -0.05) is 32.5 Å². The molecule has 2 rings (SSSR count). The van der Waals surface area contributed by atoms with E-state index >= 15 is 0 Å². The normalized spacial score (nSPS) is 10.8. The van der Waals surface area contributed by atoms with E-state index in [0.717, 1.165) is 23.9 Å². The van der Waals surface area contributed by atoms with Gasteiger partial charge in [0.2, 0.25) is 5.91 Å². The first-order chi connectivity index (χ1) is 12.5. The number of ether oxygens (including phenoxy) is 2. The van der Waals surface area contributed by atoms with Crippen LogP contribution in [0.5, 0.6) is 11.5 Å². The standard InChI is InChI=1S/C18H26N4O3S/c1-6-9-22-17(12(2)3)20-21-18(22)26-11-16(23)19-14-10-13(24-4)7-8-15(14)25-5/h7-8,10,12H,6,9,11H2,1-5H3,(H,19,23). The van der Waals surface area contributed by atoms with Crippen molar-refractivity contribution in [2.24, 2.45) is 0 Å².